The third-order valence-electron chi connectivity index (χ3n) is 3.97. The fourth-order valence-electron chi connectivity index (χ4n) is 2.75. The number of hydrogen-bond donors (Lipinski definition) is 3. The number of fused-ring (bicyclic) bond motifs is 1. The lowest BCUT2D eigenvalue weighted by atomic mass is 10.2. The third-order valence-corrected chi connectivity index (χ3v) is 3.97. The van der Waals surface area contributed by atoms with E-state index >= 15 is 0 Å². The number of carbonyl (C=O) groups excluding carboxylic acids is 1. The molecule has 0 fully saturated rings. The van der Waals surface area contributed by atoms with Gasteiger partial charge in [-0.05, 0) is 37.3 Å². The molecule has 0 aromatic carbocycles. The largest absolute Gasteiger partial charge is 0.309 e. The van der Waals surface area contributed by atoms with Crippen LogP contribution in [0.2, 0.25) is 0 Å². The molecule has 3 N–H and O–H groups in total. The Morgan fingerprint density at radius 1 is 1.11 bits per heavy atom. The molecule has 27 heavy (non-hydrogen) atoms. The Morgan fingerprint density at radius 2 is 2.00 bits per heavy atom. The van der Waals surface area contributed by atoms with Crippen LogP contribution in [0.4, 0.5) is 11.8 Å². The molecule has 0 saturated heterocycles. The van der Waals surface area contributed by atoms with Crippen molar-refractivity contribution in [3.8, 4) is 11.4 Å². The normalized spacial score (nSPS) is 10.7. The van der Waals surface area contributed by atoms with Crippen molar-refractivity contribution in [3.05, 3.63) is 66.2 Å². The number of rotatable bonds is 4. The Morgan fingerprint density at radius 3 is 2.78 bits per heavy atom. The first-order chi connectivity index (χ1) is 13.2. The lowest BCUT2D eigenvalue weighted by Gasteiger charge is -2.07. The van der Waals surface area contributed by atoms with Crippen LogP contribution in [-0.2, 0) is 0 Å². The van der Waals surface area contributed by atoms with Crippen molar-refractivity contribution in [3.63, 3.8) is 0 Å². The highest BCUT2D eigenvalue weighted by atomic mass is 16.5. The summed E-state index contributed by atoms with van der Waals surface area (Å²) in [5.74, 6) is 0.205. The molecular formula is C18H15N7O2. The second kappa shape index (κ2) is 6.81. The minimum absolute atomic E-state index is 0.235. The molecule has 4 aromatic rings. The van der Waals surface area contributed by atoms with E-state index in [-0.39, 0.29) is 5.56 Å². The highest BCUT2D eigenvalue weighted by molar-refractivity contribution is 5.93. The van der Waals surface area contributed by atoms with E-state index in [4.69, 9.17) is 5.21 Å². The molecule has 0 saturated carbocycles. The number of carbonyl (C=O) groups is 1. The van der Waals surface area contributed by atoms with E-state index in [0.29, 0.717) is 11.8 Å². The van der Waals surface area contributed by atoms with Gasteiger partial charge in [0.2, 0.25) is 5.95 Å². The predicted molar refractivity (Wildman–Crippen MR) is 97.7 cm³/mol. The highest BCUT2D eigenvalue weighted by Gasteiger charge is 2.13. The van der Waals surface area contributed by atoms with E-state index < -0.39 is 5.91 Å². The molecule has 0 bridgehead atoms. The summed E-state index contributed by atoms with van der Waals surface area (Å²) in [6.45, 7) is 1.93. The average Bonchev–Trinajstić information content (AvgIpc) is 3.04. The molecule has 1 amide bonds. The molecular weight excluding hydrogens is 346 g/mol. The van der Waals surface area contributed by atoms with Gasteiger partial charge >= 0.3 is 0 Å². The molecule has 0 aliphatic rings. The summed E-state index contributed by atoms with van der Waals surface area (Å²) in [4.78, 5) is 28.8. The monoisotopic (exact) mass is 361 g/mol. The summed E-state index contributed by atoms with van der Waals surface area (Å²) in [5, 5.41) is 11.6. The van der Waals surface area contributed by atoms with Crippen LogP contribution >= 0.6 is 0 Å². The van der Waals surface area contributed by atoms with Crippen molar-refractivity contribution < 1.29 is 10.0 Å². The first kappa shape index (κ1) is 16.6. The number of imidazole rings is 1. The van der Waals surface area contributed by atoms with E-state index in [1.165, 1.54) is 12.3 Å². The number of anilines is 2. The molecule has 0 spiro atoms. The van der Waals surface area contributed by atoms with Gasteiger partial charge < -0.3 is 5.32 Å². The number of nitrogens with one attached hydrogen (secondary N) is 2. The van der Waals surface area contributed by atoms with Crippen molar-refractivity contribution in [1.82, 2.24) is 29.8 Å². The van der Waals surface area contributed by atoms with Gasteiger partial charge in [-0.15, -0.1) is 0 Å². The van der Waals surface area contributed by atoms with E-state index in [9.17, 15) is 4.79 Å². The summed E-state index contributed by atoms with van der Waals surface area (Å²) >= 11 is 0. The predicted octanol–water partition coefficient (Wildman–Crippen LogP) is 2.36. The van der Waals surface area contributed by atoms with E-state index in [1.807, 2.05) is 41.8 Å². The molecule has 4 rings (SSSR count). The van der Waals surface area contributed by atoms with Crippen LogP contribution in [0.15, 0.2) is 55.0 Å². The zero-order chi connectivity index (χ0) is 18.8. The van der Waals surface area contributed by atoms with Crippen LogP contribution in [0.1, 0.15) is 16.1 Å². The van der Waals surface area contributed by atoms with Crippen molar-refractivity contribution >= 4 is 23.3 Å². The minimum Gasteiger partial charge on any atom is -0.309 e. The maximum Gasteiger partial charge on any atom is 0.276 e. The van der Waals surface area contributed by atoms with Crippen LogP contribution in [0.5, 0.6) is 0 Å². The summed E-state index contributed by atoms with van der Waals surface area (Å²) in [7, 11) is 0. The smallest absolute Gasteiger partial charge is 0.276 e. The van der Waals surface area contributed by atoms with Crippen LogP contribution in [0.25, 0.3) is 17.0 Å². The van der Waals surface area contributed by atoms with Crippen LogP contribution in [0, 0.1) is 6.92 Å². The Kier molecular flexibility index (Phi) is 4.19. The van der Waals surface area contributed by atoms with Gasteiger partial charge in [-0.3, -0.25) is 14.4 Å². The van der Waals surface area contributed by atoms with Crippen molar-refractivity contribution in [2.75, 3.05) is 5.32 Å². The molecule has 0 atom stereocenters. The zero-order valence-corrected chi connectivity index (χ0v) is 14.3. The number of aryl methyl sites for hydroxylation is 1. The fourth-order valence-corrected chi connectivity index (χ4v) is 2.75. The molecule has 9 heteroatoms. The zero-order valence-electron chi connectivity index (χ0n) is 14.3. The molecule has 0 radical (unpaired) electrons. The van der Waals surface area contributed by atoms with Gasteiger partial charge in [-0.1, -0.05) is 6.07 Å². The molecule has 4 heterocycles. The number of hydrogen-bond acceptors (Lipinski definition) is 7. The summed E-state index contributed by atoms with van der Waals surface area (Å²) < 4.78 is 1.97. The SMILES string of the molecule is Cc1nc2ccccn2c1-c1ccnc(Nc2ccc(C(=O)NO)cn2)n1. The first-order valence-electron chi connectivity index (χ1n) is 8.10. The second-order valence-corrected chi connectivity index (χ2v) is 5.74. The number of aromatic nitrogens is 5. The first-order valence-corrected chi connectivity index (χ1v) is 8.10. The molecule has 134 valence electrons. The topological polar surface area (TPSA) is 117 Å². The minimum atomic E-state index is -0.629. The number of amides is 1. The molecule has 0 unspecified atom stereocenters. The Balaban J connectivity index is 1.65. The molecule has 0 aliphatic heterocycles. The van der Waals surface area contributed by atoms with Gasteiger partial charge in [0, 0.05) is 18.6 Å². The number of nitrogens with zero attached hydrogens (tertiary/aromatic N) is 5. The maximum atomic E-state index is 11.3. The standard InChI is InChI=1S/C18H15N7O2/c1-11-16(25-9-3-2-4-15(25)21-11)13-7-8-19-18(22-13)23-14-6-5-12(10-20-14)17(26)24-27/h2-10,27H,1H3,(H,24,26)(H,19,20,22,23). The maximum absolute atomic E-state index is 11.3. The average molecular weight is 361 g/mol. The third kappa shape index (κ3) is 3.18. The van der Waals surface area contributed by atoms with Gasteiger partial charge in [0.25, 0.3) is 5.91 Å². The van der Waals surface area contributed by atoms with Gasteiger partial charge in [0.15, 0.2) is 0 Å². The van der Waals surface area contributed by atoms with Gasteiger partial charge in [-0.2, -0.15) is 0 Å². The highest BCUT2D eigenvalue weighted by Crippen LogP contribution is 2.24. The summed E-state index contributed by atoms with van der Waals surface area (Å²) in [6, 6.07) is 10.7. The number of pyridine rings is 2. The Bertz CT molecular complexity index is 1120. The molecule has 4 aromatic heterocycles. The van der Waals surface area contributed by atoms with Crippen molar-refractivity contribution in [2.24, 2.45) is 0 Å². The lowest BCUT2D eigenvalue weighted by Crippen LogP contribution is -2.18. The molecule has 0 aliphatic carbocycles. The summed E-state index contributed by atoms with van der Waals surface area (Å²) in [5.41, 5.74) is 5.12. The molecule has 9 nitrogen and oxygen atoms in total. The van der Waals surface area contributed by atoms with Crippen molar-refractivity contribution in [1.29, 1.82) is 0 Å². The van der Waals surface area contributed by atoms with Gasteiger partial charge in [-0.25, -0.2) is 25.4 Å². The van der Waals surface area contributed by atoms with E-state index in [2.05, 4.69) is 25.3 Å². The quantitative estimate of drug-likeness (QED) is 0.377. The fraction of sp³-hybridized carbons (Fsp3) is 0.0556. The Labute approximate surface area is 153 Å². The van der Waals surface area contributed by atoms with Crippen LogP contribution in [-0.4, -0.2) is 35.5 Å². The summed E-state index contributed by atoms with van der Waals surface area (Å²) in [6.07, 6.45) is 4.93. The van der Waals surface area contributed by atoms with E-state index in [0.717, 1.165) is 22.7 Å². The Hall–Kier alpha value is -3.85. The lowest BCUT2D eigenvalue weighted by molar-refractivity contribution is 0.0706. The van der Waals surface area contributed by atoms with Crippen LogP contribution in [0.3, 0.4) is 0 Å². The van der Waals surface area contributed by atoms with Gasteiger partial charge in [0.05, 0.1) is 22.6 Å². The van der Waals surface area contributed by atoms with Crippen LogP contribution < -0.4 is 10.8 Å². The van der Waals surface area contributed by atoms with Crippen molar-refractivity contribution in [2.45, 2.75) is 6.92 Å². The second-order valence-electron chi connectivity index (χ2n) is 5.74. The van der Waals surface area contributed by atoms with Gasteiger partial charge in [0.1, 0.15) is 11.5 Å². The van der Waals surface area contributed by atoms with E-state index in [1.54, 1.807) is 17.7 Å². The number of hydroxylamine groups is 1.